The summed E-state index contributed by atoms with van der Waals surface area (Å²) in [6.07, 6.45) is 6.33. The molecule has 1 aliphatic carbocycles. The Bertz CT molecular complexity index is 921. The average Bonchev–Trinajstić information content (AvgIpc) is 3.22. The zero-order valence-corrected chi connectivity index (χ0v) is 15.2. The van der Waals surface area contributed by atoms with Crippen molar-refractivity contribution in [3.63, 3.8) is 0 Å². The number of nitrogens with zero attached hydrogens (tertiary/aromatic N) is 5. The van der Waals surface area contributed by atoms with E-state index in [0.717, 1.165) is 30.0 Å². The third-order valence-corrected chi connectivity index (χ3v) is 4.70. The number of carbonyl (C=O) groups is 1. The van der Waals surface area contributed by atoms with E-state index in [-0.39, 0.29) is 12.5 Å². The van der Waals surface area contributed by atoms with Gasteiger partial charge in [0.15, 0.2) is 0 Å². The van der Waals surface area contributed by atoms with Crippen molar-refractivity contribution < 1.29 is 4.79 Å². The van der Waals surface area contributed by atoms with Gasteiger partial charge in [-0.3, -0.25) is 4.79 Å². The van der Waals surface area contributed by atoms with Crippen LogP contribution in [0.1, 0.15) is 24.5 Å². The molecule has 1 fully saturated rings. The van der Waals surface area contributed by atoms with Gasteiger partial charge >= 0.3 is 0 Å². The van der Waals surface area contributed by atoms with Crippen LogP contribution in [-0.2, 0) is 17.9 Å². The lowest BCUT2D eigenvalue weighted by Gasteiger charge is -2.12. The van der Waals surface area contributed by atoms with Gasteiger partial charge in [0.1, 0.15) is 6.54 Å². The Kier molecular flexibility index (Phi) is 4.46. The van der Waals surface area contributed by atoms with Gasteiger partial charge in [-0.1, -0.05) is 11.3 Å². The maximum atomic E-state index is 12.3. The first-order valence-corrected chi connectivity index (χ1v) is 9.02. The van der Waals surface area contributed by atoms with Crippen molar-refractivity contribution >= 4 is 22.5 Å². The summed E-state index contributed by atoms with van der Waals surface area (Å²) >= 11 is 0. The highest BCUT2D eigenvalue weighted by Gasteiger charge is 2.26. The van der Waals surface area contributed by atoms with E-state index in [4.69, 9.17) is 0 Å². The lowest BCUT2D eigenvalue weighted by molar-refractivity contribution is -0.116. The van der Waals surface area contributed by atoms with Crippen LogP contribution in [0.25, 0.3) is 10.9 Å². The van der Waals surface area contributed by atoms with Crippen molar-refractivity contribution in [1.29, 1.82) is 0 Å². The van der Waals surface area contributed by atoms with Gasteiger partial charge in [-0.15, -0.1) is 5.10 Å². The largest absolute Gasteiger partial charge is 0.346 e. The molecule has 0 atom stereocenters. The fourth-order valence-electron chi connectivity index (χ4n) is 3.07. The molecular formula is C19H24N6O. The van der Waals surface area contributed by atoms with E-state index < -0.39 is 0 Å². The normalized spacial score (nSPS) is 14.3. The Balaban J connectivity index is 1.43. The molecule has 2 heterocycles. The maximum absolute atomic E-state index is 12.3. The van der Waals surface area contributed by atoms with Gasteiger partial charge in [0.05, 0.1) is 11.2 Å². The van der Waals surface area contributed by atoms with Crippen LogP contribution in [0.3, 0.4) is 0 Å². The van der Waals surface area contributed by atoms with E-state index in [1.165, 1.54) is 18.2 Å². The smallest absolute Gasteiger partial charge is 0.246 e. The van der Waals surface area contributed by atoms with Crippen LogP contribution < -0.4 is 5.32 Å². The van der Waals surface area contributed by atoms with Crippen molar-refractivity contribution in [2.75, 3.05) is 26.0 Å². The van der Waals surface area contributed by atoms with Crippen LogP contribution in [0, 0.1) is 0 Å². The van der Waals surface area contributed by atoms with Crippen LogP contribution >= 0.6 is 0 Å². The molecule has 2 aromatic heterocycles. The van der Waals surface area contributed by atoms with Gasteiger partial charge in [-0.05, 0) is 50.5 Å². The number of rotatable bonds is 7. The van der Waals surface area contributed by atoms with Gasteiger partial charge in [0.25, 0.3) is 0 Å². The second kappa shape index (κ2) is 6.92. The Morgan fingerprint density at radius 2 is 2.15 bits per heavy atom. The average molecular weight is 352 g/mol. The molecule has 1 aliphatic rings. The number of amides is 1. The highest BCUT2D eigenvalue weighted by molar-refractivity contribution is 5.93. The fourth-order valence-corrected chi connectivity index (χ4v) is 3.07. The van der Waals surface area contributed by atoms with Crippen molar-refractivity contribution in [1.82, 2.24) is 24.5 Å². The van der Waals surface area contributed by atoms with Crippen LogP contribution in [0.5, 0.6) is 0 Å². The number of aromatic nitrogens is 4. The Morgan fingerprint density at radius 3 is 2.92 bits per heavy atom. The maximum Gasteiger partial charge on any atom is 0.246 e. The number of likely N-dealkylation sites (N-methyl/N-ethyl adjacent to an activating group) is 1. The van der Waals surface area contributed by atoms with Crippen LogP contribution in [0.15, 0.2) is 36.7 Å². The number of anilines is 1. The summed E-state index contributed by atoms with van der Waals surface area (Å²) < 4.78 is 3.83. The Labute approximate surface area is 152 Å². The minimum atomic E-state index is -0.0944. The van der Waals surface area contributed by atoms with Crippen molar-refractivity contribution in [2.45, 2.75) is 31.8 Å². The summed E-state index contributed by atoms with van der Waals surface area (Å²) in [6.45, 7) is 2.06. The second-order valence-electron chi connectivity index (χ2n) is 7.25. The molecule has 1 aromatic carbocycles. The van der Waals surface area contributed by atoms with Crippen molar-refractivity contribution in [3.05, 3.63) is 42.4 Å². The SMILES string of the molecule is CN(C)CCn1ccc2ccc(NC(=O)Cn3cc(C4CC4)nn3)cc21. The van der Waals surface area contributed by atoms with Crippen LogP contribution in [0.2, 0.25) is 0 Å². The van der Waals surface area contributed by atoms with E-state index in [0.29, 0.717) is 5.92 Å². The van der Waals surface area contributed by atoms with Gasteiger partial charge in [0, 0.05) is 37.1 Å². The zero-order valence-electron chi connectivity index (χ0n) is 15.2. The molecule has 136 valence electrons. The topological polar surface area (TPSA) is 68.0 Å². The summed E-state index contributed by atoms with van der Waals surface area (Å²) in [5.41, 5.74) is 2.93. The van der Waals surface area contributed by atoms with Gasteiger partial charge in [0.2, 0.25) is 5.91 Å². The first-order chi connectivity index (χ1) is 12.6. The molecule has 1 N–H and O–H groups in total. The quantitative estimate of drug-likeness (QED) is 0.708. The number of fused-ring (bicyclic) bond motifs is 1. The molecule has 7 nitrogen and oxygen atoms in total. The highest BCUT2D eigenvalue weighted by atomic mass is 16.2. The lowest BCUT2D eigenvalue weighted by Crippen LogP contribution is -2.19. The highest BCUT2D eigenvalue weighted by Crippen LogP contribution is 2.38. The number of carbonyl (C=O) groups excluding carboxylic acids is 1. The van der Waals surface area contributed by atoms with Gasteiger partial charge in [-0.25, -0.2) is 4.68 Å². The molecule has 7 heteroatoms. The second-order valence-corrected chi connectivity index (χ2v) is 7.25. The van der Waals surface area contributed by atoms with E-state index in [1.807, 2.05) is 24.4 Å². The fraction of sp³-hybridized carbons (Fsp3) is 0.421. The van der Waals surface area contributed by atoms with E-state index >= 15 is 0 Å². The Morgan fingerprint density at radius 1 is 1.31 bits per heavy atom. The predicted octanol–water partition coefficient (Wildman–Crippen LogP) is 2.31. The molecule has 0 bridgehead atoms. The third-order valence-electron chi connectivity index (χ3n) is 4.70. The monoisotopic (exact) mass is 352 g/mol. The summed E-state index contributed by atoms with van der Waals surface area (Å²) in [7, 11) is 4.13. The minimum Gasteiger partial charge on any atom is -0.346 e. The molecule has 0 spiro atoms. The summed E-state index contributed by atoms with van der Waals surface area (Å²) in [5, 5.41) is 12.3. The van der Waals surface area contributed by atoms with Gasteiger partial charge < -0.3 is 14.8 Å². The predicted molar refractivity (Wildman–Crippen MR) is 101 cm³/mol. The van der Waals surface area contributed by atoms with Crippen molar-refractivity contribution in [2.24, 2.45) is 0 Å². The summed E-state index contributed by atoms with van der Waals surface area (Å²) in [4.78, 5) is 14.5. The molecule has 0 unspecified atom stereocenters. The molecule has 4 rings (SSSR count). The lowest BCUT2D eigenvalue weighted by atomic mass is 10.2. The standard InChI is InChI=1S/C19H24N6O/c1-23(2)9-10-24-8-7-15-5-6-16(11-18(15)24)20-19(26)13-25-12-17(21-22-25)14-3-4-14/h5-8,11-12,14H,3-4,9-10,13H2,1-2H3,(H,20,26). The van der Waals surface area contributed by atoms with Crippen LogP contribution in [-0.4, -0.2) is 51.0 Å². The van der Waals surface area contributed by atoms with E-state index in [9.17, 15) is 4.79 Å². The molecule has 1 saturated carbocycles. The van der Waals surface area contributed by atoms with Gasteiger partial charge in [-0.2, -0.15) is 0 Å². The molecule has 1 amide bonds. The number of hydrogen-bond acceptors (Lipinski definition) is 4. The molecular weight excluding hydrogens is 328 g/mol. The first kappa shape index (κ1) is 16.8. The minimum absolute atomic E-state index is 0.0944. The molecule has 0 aliphatic heterocycles. The zero-order chi connectivity index (χ0) is 18.1. The van der Waals surface area contributed by atoms with E-state index in [1.54, 1.807) is 4.68 Å². The van der Waals surface area contributed by atoms with E-state index in [2.05, 4.69) is 51.5 Å². The molecule has 0 radical (unpaired) electrons. The number of nitrogens with one attached hydrogen (secondary N) is 1. The molecule has 26 heavy (non-hydrogen) atoms. The first-order valence-electron chi connectivity index (χ1n) is 9.02. The number of hydrogen-bond donors (Lipinski definition) is 1. The van der Waals surface area contributed by atoms with Crippen molar-refractivity contribution in [3.8, 4) is 0 Å². The third kappa shape index (κ3) is 3.77. The molecule has 3 aromatic rings. The summed E-state index contributed by atoms with van der Waals surface area (Å²) in [6, 6.07) is 8.11. The molecule has 0 saturated heterocycles. The number of benzene rings is 1. The Hall–Kier alpha value is -2.67. The van der Waals surface area contributed by atoms with Crippen LogP contribution in [0.4, 0.5) is 5.69 Å². The summed E-state index contributed by atoms with van der Waals surface area (Å²) in [5.74, 6) is 0.451.